The normalized spacial score (nSPS) is 30.7. The lowest BCUT2D eigenvalue weighted by Crippen LogP contribution is -2.37. The molecule has 2 rings (SSSR count). The number of alkyl halides is 2. The van der Waals surface area contributed by atoms with E-state index in [1.165, 1.54) is 7.11 Å². The first kappa shape index (κ1) is 14.6. The number of aromatic nitrogens is 2. The maximum absolute atomic E-state index is 14.0. The molecule has 1 N–H and O–H groups in total. The number of hydrogen-bond donors (Lipinski definition) is 1. The van der Waals surface area contributed by atoms with Crippen LogP contribution in [0.25, 0.3) is 0 Å². The lowest BCUT2D eigenvalue weighted by Gasteiger charge is -2.25. The van der Waals surface area contributed by atoms with Gasteiger partial charge in [-0.1, -0.05) is 22.6 Å². The predicted molar refractivity (Wildman–Crippen MR) is 69.5 cm³/mol. The molecule has 3 atom stereocenters. The fourth-order valence-corrected chi connectivity index (χ4v) is 2.70. The fourth-order valence-electron chi connectivity index (χ4n) is 1.89. The van der Waals surface area contributed by atoms with Crippen molar-refractivity contribution in [2.75, 3.05) is 11.5 Å². The zero-order valence-electron chi connectivity index (χ0n) is 9.86. The molecule has 1 aromatic heterocycles. The van der Waals surface area contributed by atoms with Crippen LogP contribution < -0.4 is 11.2 Å². The van der Waals surface area contributed by atoms with Crippen molar-refractivity contribution in [3.8, 4) is 0 Å². The summed E-state index contributed by atoms with van der Waals surface area (Å²) in [6.07, 6.45) is -2.31. The Morgan fingerprint density at radius 1 is 1.68 bits per heavy atom. The van der Waals surface area contributed by atoms with E-state index in [-0.39, 0.29) is 6.42 Å². The maximum Gasteiger partial charge on any atom is 0.330 e. The van der Waals surface area contributed by atoms with Gasteiger partial charge in [-0.15, -0.1) is 0 Å². The highest BCUT2D eigenvalue weighted by Gasteiger charge is 2.48. The smallest absolute Gasteiger partial charge is 0.330 e. The van der Waals surface area contributed by atoms with E-state index in [0.717, 1.165) is 0 Å². The van der Waals surface area contributed by atoms with Crippen molar-refractivity contribution in [1.82, 2.24) is 9.55 Å². The van der Waals surface area contributed by atoms with E-state index in [9.17, 15) is 18.4 Å². The van der Waals surface area contributed by atoms with Crippen molar-refractivity contribution in [3.63, 3.8) is 0 Å². The zero-order chi connectivity index (χ0) is 14.2. The van der Waals surface area contributed by atoms with Crippen LogP contribution in [0, 0.1) is 5.82 Å². The summed E-state index contributed by atoms with van der Waals surface area (Å²) in [5, 5.41) is 0. The standard InChI is InChI=1S/C10H11F2IN2O4/c1-18-10(4-13)2-5(11)8(19-10)15-3-6(12)7(16)14-9(15)17/h3,5,8H,2,4H2,1H3,(H,14,16,17)/t5-,8+,10-/m0/s1. The minimum absolute atomic E-state index is 0.0791. The van der Waals surface area contributed by atoms with E-state index in [0.29, 0.717) is 15.2 Å². The van der Waals surface area contributed by atoms with Gasteiger partial charge >= 0.3 is 5.69 Å². The van der Waals surface area contributed by atoms with E-state index in [1.54, 1.807) is 4.98 Å². The minimum Gasteiger partial charge on any atom is -0.352 e. The topological polar surface area (TPSA) is 73.3 Å². The van der Waals surface area contributed by atoms with Gasteiger partial charge in [0.2, 0.25) is 5.82 Å². The monoisotopic (exact) mass is 388 g/mol. The molecule has 19 heavy (non-hydrogen) atoms. The van der Waals surface area contributed by atoms with Crippen molar-refractivity contribution in [2.24, 2.45) is 0 Å². The molecule has 1 aromatic rings. The molecule has 6 nitrogen and oxygen atoms in total. The number of hydrogen-bond acceptors (Lipinski definition) is 4. The molecule has 2 heterocycles. The molecule has 0 radical (unpaired) electrons. The Labute approximate surface area is 119 Å². The van der Waals surface area contributed by atoms with E-state index in [1.807, 2.05) is 22.6 Å². The predicted octanol–water partition coefficient (Wildman–Crippen LogP) is 0.710. The number of aromatic amines is 1. The Bertz CT molecular complexity index is 584. The van der Waals surface area contributed by atoms with Crippen molar-refractivity contribution in [2.45, 2.75) is 24.6 Å². The molecule has 1 fully saturated rings. The van der Waals surface area contributed by atoms with Crippen LogP contribution >= 0.6 is 22.6 Å². The number of methoxy groups -OCH3 is 1. The highest BCUT2D eigenvalue weighted by Crippen LogP contribution is 2.39. The molecule has 0 aromatic carbocycles. The quantitative estimate of drug-likeness (QED) is 0.612. The second-order valence-corrected chi connectivity index (χ2v) is 4.88. The molecule has 1 saturated heterocycles. The van der Waals surface area contributed by atoms with Gasteiger partial charge in [-0.25, -0.2) is 9.18 Å². The Hall–Kier alpha value is -0.810. The first-order valence-corrected chi connectivity index (χ1v) is 6.89. The number of H-pyrrole nitrogens is 1. The van der Waals surface area contributed by atoms with Crippen LogP contribution in [0.4, 0.5) is 8.78 Å². The average Bonchev–Trinajstić information content (AvgIpc) is 2.72. The second kappa shape index (κ2) is 5.29. The number of rotatable bonds is 3. The highest BCUT2D eigenvalue weighted by atomic mass is 127. The first-order chi connectivity index (χ1) is 8.92. The maximum atomic E-state index is 14.0. The zero-order valence-corrected chi connectivity index (χ0v) is 12.0. The SMILES string of the molecule is CO[C@@]1(CI)C[C@H](F)[C@H](n2cc(F)c(=O)[nH]c2=O)O1. The Morgan fingerprint density at radius 2 is 2.37 bits per heavy atom. The lowest BCUT2D eigenvalue weighted by molar-refractivity contribution is -0.209. The molecule has 0 unspecified atom stereocenters. The lowest BCUT2D eigenvalue weighted by atomic mass is 10.2. The largest absolute Gasteiger partial charge is 0.352 e. The van der Waals surface area contributed by atoms with Crippen LogP contribution in [0.2, 0.25) is 0 Å². The van der Waals surface area contributed by atoms with Gasteiger partial charge in [-0.3, -0.25) is 14.3 Å². The Morgan fingerprint density at radius 3 is 2.89 bits per heavy atom. The van der Waals surface area contributed by atoms with Gasteiger partial charge in [0, 0.05) is 13.5 Å². The summed E-state index contributed by atoms with van der Waals surface area (Å²) in [5.74, 6) is -2.34. The van der Waals surface area contributed by atoms with Crippen LogP contribution in [0.15, 0.2) is 15.8 Å². The van der Waals surface area contributed by atoms with Crippen LogP contribution in [-0.2, 0) is 9.47 Å². The molecular formula is C10H11F2IN2O4. The van der Waals surface area contributed by atoms with Gasteiger partial charge in [0.25, 0.3) is 5.56 Å². The van der Waals surface area contributed by atoms with Crippen LogP contribution in [0.1, 0.15) is 12.6 Å². The third-order valence-electron chi connectivity index (χ3n) is 2.93. The molecule has 0 saturated carbocycles. The van der Waals surface area contributed by atoms with Gasteiger partial charge in [-0.2, -0.15) is 4.39 Å². The van der Waals surface area contributed by atoms with Crippen molar-refractivity contribution in [3.05, 3.63) is 32.9 Å². The molecule has 1 aliphatic heterocycles. The number of nitrogens with zero attached hydrogens (tertiary/aromatic N) is 1. The number of halogens is 3. The molecule has 0 amide bonds. The molecular weight excluding hydrogens is 377 g/mol. The minimum atomic E-state index is -1.54. The van der Waals surface area contributed by atoms with Crippen LogP contribution in [0.5, 0.6) is 0 Å². The van der Waals surface area contributed by atoms with Crippen molar-refractivity contribution >= 4 is 22.6 Å². The second-order valence-electron chi connectivity index (χ2n) is 4.12. The van der Waals surface area contributed by atoms with Gasteiger partial charge in [-0.05, 0) is 0 Å². The van der Waals surface area contributed by atoms with Gasteiger partial charge in [0.05, 0.1) is 10.6 Å². The van der Waals surface area contributed by atoms with Crippen LogP contribution in [-0.4, -0.2) is 33.0 Å². The summed E-state index contributed by atoms with van der Waals surface area (Å²) >= 11 is 1.97. The third-order valence-corrected chi connectivity index (χ3v) is 4.09. The number of nitrogens with one attached hydrogen (secondary N) is 1. The van der Waals surface area contributed by atoms with Gasteiger partial charge < -0.3 is 9.47 Å². The fraction of sp³-hybridized carbons (Fsp3) is 0.600. The van der Waals surface area contributed by atoms with Gasteiger partial charge in [0.15, 0.2) is 18.2 Å². The Balaban J connectivity index is 2.41. The van der Waals surface area contributed by atoms with Crippen molar-refractivity contribution < 1.29 is 18.3 Å². The van der Waals surface area contributed by atoms with E-state index < -0.39 is 35.3 Å². The molecule has 0 spiro atoms. The molecule has 1 aliphatic rings. The van der Waals surface area contributed by atoms with E-state index in [4.69, 9.17) is 9.47 Å². The first-order valence-electron chi connectivity index (χ1n) is 5.36. The van der Waals surface area contributed by atoms with Crippen LogP contribution in [0.3, 0.4) is 0 Å². The van der Waals surface area contributed by atoms with E-state index in [2.05, 4.69) is 0 Å². The summed E-state index contributed by atoms with van der Waals surface area (Å²) < 4.78 is 38.7. The molecule has 0 aliphatic carbocycles. The third kappa shape index (κ3) is 2.58. The molecule has 106 valence electrons. The summed E-state index contributed by atoms with van der Waals surface area (Å²) in [6.45, 7) is 0. The molecule has 0 bridgehead atoms. The average molecular weight is 388 g/mol. The summed E-state index contributed by atoms with van der Waals surface area (Å²) in [7, 11) is 1.37. The summed E-state index contributed by atoms with van der Waals surface area (Å²) in [6, 6.07) is 0. The summed E-state index contributed by atoms with van der Waals surface area (Å²) in [5.41, 5.74) is -2.08. The summed E-state index contributed by atoms with van der Waals surface area (Å²) in [4.78, 5) is 24.2. The van der Waals surface area contributed by atoms with E-state index >= 15 is 0 Å². The van der Waals surface area contributed by atoms with Gasteiger partial charge in [0.1, 0.15) is 0 Å². The van der Waals surface area contributed by atoms with Crippen molar-refractivity contribution in [1.29, 1.82) is 0 Å². The molecule has 9 heteroatoms. The highest BCUT2D eigenvalue weighted by molar-refractivity contribution is 14.1. The number of ether oxygens (including phenoxy) is 2. The Kier molecular flexibility index (Phi) is 4.06.